The van der Waals surface area contributed by atoms with E-state index in [2.05, 4.69) is 11.9 Å². The van der Waals surface area contributed by atoms with Gasteiger partial charge in [0.05, 0.1) is 0 Å². The molecule has 1 N–H and O–H groups in total. The molecular formula is C13H13NO3. The number of hydrogen-bond donors (Lipinski definition) is 1. The number of esters is 1. The minimum atomic E-state index is -0.516. The van der Waals surface area contributed by atoms with Gasteiger partial charge < -0.3 is 10.1 Å². The summed E-state index contributed by atoms with van der Waals surface area (Å²) >= 11 is 0. The lowest BCUT2D eigenvalue weighted by atomic mass is 10.2. The number of carbonyl (C=O) groups is 2. The van der Waals surface area contributed by atoms with E-state index in [1.54, 1.807) is 6.08 Å². The van der Waals surface area contributed by atoms with Crippen LogP contribution >= 0.6 is 0 Å². The molecule has 0 aromatic heterocycles. The Morgan fingerprint density at radius 3 is 2.65 bits per heavy atom. The number of amides is 1. The van der Waals surface area contributed by atoms with Crippen molar-refractivity contribution in [3.05, 3.63) is 54.6 Å². The third-order valence-corrected chi connectivity index (χ3v) is 1.86. The molecule has 4 heteroatoms. The average molecular weight is 231 g/mol. The van der Waals surface area contributed by atoms with Gasteiger partial charge in [0.15, 0.2) is 6.73 Å². The van der Waals surface area contributed by atoms with Crippen LogP contribution in [0.2, 0.25) is 0 Å². The average Bonchev–Trinajstić information content (AvgIpc) is 2.37. The Balaban J connectivity index is 2.32. The van der Waals surface area contributed by atoms with E-state index in [1.807, 2.05) is 30.3 Å². The van der Waals surface area contributed by atoms with Gasteiger partial charge in [0.2, 0.25) is 5.91 Å². The largest absolute Gasteiger partial charge is 0.441 e. The molecule has 0 spiro atoms. The van der Waals surface area contributed by atoms with Gasteiger partial charge in [-0.3, -0.25) is 4.79 Å². The van der Waals surface area contributed by atoms with E-state index in [9.17, 15) is 9.59 Å². The van der Waals surface area contributed by atoms with Crippen LogP contribution in [0.4, 0.5) is 0 Å². The predicted molar refractivity (Wildman–Crippen MR) is 64.8 cm³/mol. The third kappa shape index (κ3) is 5.32. The van der Waals surface area contributed by atoms with Gasteiger partial charge in [-0.2, -0.15) is 0 Å². The molecule has 88 valence electrons. The first-order valence-electron chi connectivity index (χ1n) is 5.02. The zero-order valence-corrected chi connectivity index (χ0v) is 9.26. The summed E-state index contributed by atoms with van der Waals surface area (Å²) in [5, 5.41) is 2.33. The summed E-state index contributed by atoms with van der Waals surface area (Å²) in [6, 6.07) is 9.36. The normalized spacial score (nSPS) is 9.88. The van der Waals surface area contributed by atoms with Gasteiger partial charge in [0.25, 0.3) is 0 Å². The third-order valence-electron chi connectivity index (χ3n) is 1.86. The number of benzene rings is 1. The molecule has 1 aromatic rings. The van der Waals surface area contributed by atoms with Crippen LogP contribution in [0.15, 0.2) is 49.1 Å². The Hall–Kier alpha value is -2.36. The van der Waals surface area contributed by atoms with Crippen molar-refractivity contribution >= 4 is 18.0 Å². The number of rotatable bonds is 5. The van der Waals surface area contributed by atoms with Crippen LogP contribution in [-0.2, 0) is 14.3 Å². The van der Waals surface area contributed by atoms with Gasteiger partial charge in [0.1, 0.15) is 0 Å². The summed E-state index contributed by atoms with van der Waals surface area (Å²) in [7, 11) is 0. The maximum absolute atomic E-state index is 11.2. The molecule has 0 atom stereocenters. The van der Waals surface area contributed by atoms with Gasteiger partial charge in [-0.25, -0.2) is 4.79 Å². The molecule has 0 fully saturated rings. The molecule has 4 nitrogen and oxygen atoms in total. The standard InChI is InChI=1S/C13H13NO3/c1-2-12(15)14-10-17-13(16)9-8-11-6-4-3-5-7-11/h2-9H,1,10H2,(H,14,15)/b9-8+. The summed E-state index contributed by atoms with van der Waals surface area (Å²) < 4.78 is 4.73. The molecule has 1 amide bonds. The number of carbonyl (C=O) groups excluding carboxylic acids is 2. The Kier molecular flexibility index (Phi) is 5.24. The topological polar surface area (TPSA) is 55.4 Å². The van der Waals surface area contributed by atoms with E-state index in [0.717, 1.165) is 11.6 Å². The summed E-state index contributed by atoms with van der Waals surface area (Å²) in [4.78, 5) is 21.9. The van der Waals surface area contributed by atoms with E-state index in [1.165, 1.54) is 6.08 Å². The molecule has 0 radical (unpaired) electrons. The SMILES string of the molecule is C=CC(=O)NCOC(=O)/C=C/c1ccccc1. The molecular weight excluding hydrogens is 218 g/mol. The first-order chi connectivity index (χ1) is 8.22. The van der Waals surface area contributed by atoms with Gasteiger partial charge >= 0.3 is 5.97 Å². The molecule has 0 unspecified atom stereocenters. The highest BCUT2D eigenvalue weighted by molar-refractivity contribution is 5.88. The van der Waals surface area contributed by atoms with Crippen LogP contribution in [0.25, 0.3) is 6.08 Å². The van der Waals surface area contributed by atoms with Crippen molar-refractivity contribution in [1.82, 2.24) is 5.32 Å². The predicted octanol–water partition coefficient (Wildman–Crippen LogP) is 1.50. The van der Waals surface area contributed by atoms with Crippen LogP contribution in [0.5, 0.6) is 0 Å². The Morgan fingerprint density at radius 2 is 2.00 bits per heavy atom. The van der Waals surface area contributed by atoms with Crippen LogP contribution in [-0.4, -0.2) is 18.6 Å². The molecule has 1 aromatic carbocycles. The lowest BCUT2D eigenvalue weighted by Gasteiger charge is -2.01. The quantitative estimate of drug-likeness (QED) is 0.474. The molecule has 0 saturated heterocycles. The van der Waals surface area contributed by atoms with Crippen LogP contribution in [0.1, 0.15) is 5.56 Å². The van der Waals surface area contributed by atoms with E-state index >= 15 is 0 Å². The summed E-state index contributed by atoms with van der Waals surface area (Å²) in [6.07, 6.45) is 4.04. The summed E-state index contributed by atoms with van der Waals surface area (Å²) in [5.74, 6) is -0.900. The molecule has 17 heavy (non-hydrogen) atoms. The van der Waals surface area contributed by atoms with Crippen molar-refractivity contribution in [2.24, 2.45) is 0 Å². The second kappa shape index (κ2) is 7.00. The van der Waals surface area contributed by atoms with E-state index in [4.69, 9.17) is 4.74 Å². The Bertz CT molecular complexity index is 424. The van der Waals surface area contributed by atoms with Gasteiger partial charge in [-0.05, 0) is 17.7 Å². The summed E-state index contributed by atoms with van der Waals surface area (Å²) in [6.45, 7) is 3.10. The number of hydrogen-bond acceptors (Lipinski definition) is 3. The highest BCUT2D eigenvalue weighted by atomic mass is 16.5. The van der Waals surface area contributed by atoms with Crippen molar-refractivity contribution in [2.45, 2.75) is 0 Å². The van der Waals surface area contributed by atoms with Crippen molar-refractivity contribution in [3.8, 4) is 0 Å². The second-order valence-electron chi connectivity index (χ2n) is 3.10. The van der Waals surface area contributed by atoms with Crippen LogP contribution in [0, 0.1) is 0 Å². The fraction of sp³-hybridized carbons (Fsp3) is 0.0769. The van der Waals surface area contributed by atoms with Crippen LogP contribution < -0.4 is 5.32 Å². The summed E-state index contributed by atoms with van der Waals surface area (Å²) in [5.41, 5.74) is 0.902. The van der Waals surface area contributed by atoms with Gasteiger partial charge in [-0.1, -0.05) is 36.9 Å². The highest BCUT2D eigenvalue weighted by Crippen LogP contribution is 2.00. The molecule has 0 aliphatic carbocycles. The Morgan fingerprint density at radius 1 is 1.29 bits per heavy atom. The first-order valence-corrected chi connectivity index (χ1v) is 5.02. The lowest BCUT2D eigenvalue weighted by molar-refractivity contribution is -0.139. The number of ether oxygens (including phenoxy) is 1. The monoisotopic (exact) mass is 231 g/mol. The lowest BCUT2D eigenvalue weighted by Crippen LogP contribution is -2.25. The molecule has 0 aliphatic heterocycles. The maximum atomic E-state index is 11.2. The van der Waals surface area contributed by atoms with Crippen molar-refractivity contribution < 1.29 is 14.3 Å². The van der Waals surface area contributed by atoms with Crippen molar-refractivity contribution in [3.63, 3.8) is 0 Å². The fourth-order valence-electron chi connectivity index (χ4n) is 1.03. The van der Waals surface area contributed by atoms with E-state index in [-0.39, 0.29) is 12.6 Å². The zero-order valence-electron chi connectivity index (χ0n) is 9.26. The van der Waals surface area contributed by atoms with E-state index in [0.29, 0.717) is 0 Å². The Labute approximate surface area is 99.6 Å². The smallest absolute Gasteiger partial charge is 0.332 e. The maximum Gasteiger partial charge on any atom is 0.332 e. The molecule has 0 saturated carbocycles. The molecule has 1 rings (SSSR count). The fourth-order valence-corrected chi connectivity index (χ4v) is 1.03. The first kappa shape index (κ1) is 12.7. The van der Waals surface area contributed by atoms with Crippen LogP contribution in [0.3, 0.4) is 0 Å². The molecule has 0 aliphatic rings. The van der Waals surface area contributed by atoms with Gasteiger partial charge in [-0.15, -0.1) is 0 Å². The molecule has 0 bridgehead atoms. The van der Waals surface area contributed by atoms with Gasteiger partial charge in [0, 0.05) is 6.08 Å². The minimum Gasteiger partial charge on any atom is -0.441 e. The molecule has 0 heterocycles. The van der Waals surface area contributed by atoms with Crippen molar-refractivity contribution in [1.29, 1.82) is 0 Å². The number of nitrogens with one attached hydrogen (secondary N) is 1. The highest BCUT2D eigenvalue weighted by Gasteiger charge is 1.97. The van der Waals surface area contributed by atoms with Crippen molar-refractivity contribution in [2.75, 3.05) is 6.73 Å². The minimum absolute atomic E-state index is 0.164. The second-order valence-corrected chi connectivity index (χ2v) is 3.10. The van der Waals surface area contributed by atoms with E-state index < -0.39 is 5.97 Å². The zero-order chi connectivity index (χ0) is 12.5.